The predicted octanol–water partition coefficient (Wildman–Crippen LogP) is 2.43. The Balaban J connectivity index is 2.37. The van der Waals surface area contributed by atoms with Crippen LogP contribution >= 0.6 is 0 Å². The highest BCUT2D eigenvalue weighted by atomic mass is 16.5. The average Bonchev–Trinajstić information content (AvgIpc) is 2.46. The summed E-state index contributed by atoms with van der Waals surface area (Å²) in [6, 6.07) is 5.41. The third-order valence-corrected chi connectivity index (χ3v) is 2.71. The molecule has 6 nitrogen and oxygen atoms in total. The number of benzene rings is 1. The lowest BCUT2D eigenvalue weighted by molar-refractivity contribution is 0.324. The molecule has 20 heavy (non-hydrogen) atoms. The zero-order valence-electron chi connectivity index (χ0n) is 11.6. The molecular weight excluding hydrogens is 258 g/mol. The molecule has 0 atom stereocenters. The summed E-state index contributed by atoms with van der Waals surface area (Å²) >= 11 is 0. The van der Waals surface area contributed by atoms with Crippen LogP contribution in [0.5, 0.6) is 17.2 Å². The first-order chi connectivity index (χ1) is 9.67. The summed E-state index contributed by atoms with van der Waals surface area (Å²) in [7, 11) is 4.71. The van der Waals surface area contributed by atoms with E-state index in [0.29, 0.717) is 22.9 Å². The third kappa shape index (κ3) is 2.85. The molecular formula is C14H17N3O3. The Morgan fingerprint density at radius 2 is 1.55 bits per heavy atom. The van der Waals surface area contributed by atoms with Crippen LogP contribution in [0.15, 0.2) is 30.6 Å². The molecule has 1 aromatic heterocycles. The van der Waals surface area contributed by atoms with Crippen LogP contribution in [0.3, 0.4) is 0 Å². The molecule has 0 aliphatic heterocycles. The van der Waals surface area contributed by atoms with Gasteiger partial charge in [-0.05, 0) is 6.07 Å². The summed E-state index contributed by atoms with van der Waals surface area (Å²) in [5.41, 5.74) is 7.85. The van der Waals surface area contributed by atoms with Gasteiger partial charge in [0.15, 0.2) is 11.5 Å². The highest BCUT2D eigenvalue weighted by Gasteiger charge is 2.13. The fourth-order valence-electron chi connectivity index (χ4n) is 1.85. The van der Waals surface area contributed by atoms with Gasteiger partial charge in [-0.2, -0.15) is 0 Å². The molecule has 1 aromatic carbocycles. The molecule has 0 saturated carbocycles. The van der Waals surface area contributed by atoms with E-state index < -0.39 is 0 Å². The van der Waals surface area contributed by atoms with Crippen LogP contribution in [0, 0.1) is 0 Å². The minimum Gasteiger partial charge on any atom is -0.493 e. The molecule has 0 aliphatic carbocycles. The van der Waals surface area contributed by atoms with Gasteiger partial charge in [-0.25, -0.2) is 0 Å². The van der Waals surface area contributed by atoms with Crippen molar-refractivity contribution in [2.75, 3.05) is 32.4 Å². The number of anilines is 3. The summed E-state index contributed by atoms with van der Waals surface area (Å²) in [5.74, 6) is 1.70. The van der Waals surface area contributed by atoms with Crippen molar-refractivity contribution in [3.05, 3.63) is 30.6 Å². The number of hydrogen-bond acceptors (Lipinski definition) is 6. The Kier molecular flexibility index (Phi) is 4.14. The number of hydrogen-bond donors (Lipinski definition) is 2. The van der Waals surface area contributed by atoms with Crippen LogP contribution in [0.25, 0.3) is 0 Å². The van der Waals surface area contributed by atoms with E-state index in [1.165, 1.54) is 0 Å². The number of nitrogens with two attached hydrogens (primary N) is 1. The maximum absolute atomic E-state index is 5.70. The molecule has 0 aliphatic rings. The van der Waals surface area contributed by atoms with Crippen molar-refractivity contribution in [2.24, 2.45) is 0 Å². The SMILES string of the molecule is COc1cc(Nc2cncc(N)c2)cc(OC)c1OC. The highest BCUT2D eigenvalue weighted by Crippen LogP contribution is 2.40. The quantitative estimate of drug-likeness (QED) is 0.872. The molecule has 0 saturated heterocycles. The van der Waals surface area contributed by atoms with Gasteiger partial charge in [0.25, 0.3) is 0 Å². The van der Waals surface area contributed by atoms with E-state index in [4.69, 9.17) is 19.9 Å². The second-order valence-corrected chi connectivity index (χ2v) is 4.05. The maximum Gasteiger partial charge on any atom is 0.203 e. The Morgan fingerprint density at radius 3 is 2.05 bits per heavy atom. The van der Waals surface area contributed by atoms with Crippen molar-refractivity contribution >= 4 is 17.1 Å². The Bertz CT molecular complexity index is 577. The maximum atomic E-state index is 5.70. The minimum atomic E-state index is 0.547. The van der Waals surface area contributed by atoms with E-state index in [0.717, 1.165) is 11.4 Å². The molecule has 106 valence electrons. The summed E-state index contributed by atoms with van der Waals surface area (Å²) < 4.78 is 15.9. The smallest absolute Gasteiger partial charge is 0.203 e. The minimum absolute atomic E-state index is 0.547. The molecule has 0 spiro atoms. The standard InChI is InChI=1S/C14H17N3O3/c1-18-12-5-10(6-13(19-2)14(12)20-3)17-11-4-9(15)7-16-8-11/h4-8,17H,15H2,1-3H3. The summed E-state index contributed by atoms with van der Waals surface area (Å²) in [4.78, 5) is 4.02. The number of pyridine rings is 1. The lowest BCUT2D eigenvalue weighted by Crippen LogP contribution is -1.98. The zero-order chi connectivity index (χ0) is 14.5. The highest BCUT2D eigenvalue weighted by molar-refractivity contribution is 5.68. The molecule has 1 heterocycles. The van der Waals surface area contributed by atoms with Gasteiger partial charge >= 0.3 is 0 Å². The number of nitrogen functional groups attached to an aromatic ring is 1. The van der Waals surface area contributed by atoms with Crippen LogP contribution in [0.4, 0.5) is 17.1 Å². The van der Waals surface area contributed by atoms with Gasteiger partial charge in [0.1, 0.15) is 0 Å². The van der Waals surface area contributed by atoms with Gasteiger partial charge in [0.05, 0.1) is 38.9 Å². The van der Waals surface area contributed by atoms with Crippen molar-refractivity contribution in [3.63, 3.8) is 0 Å². The van der Waals surface area contributed by atoms with Gasteiger partial charge in [0.2, 0.25) is 5.75 Å². The Morgan fingerprint density at radius 1 is 0.900 bits per heavy atom. The summed E-state index contributed by atoms with van der Waals surface area (Å²) in [6.07, 6.45) is 3.26. The second kappa shape index (κ2) is 6.01. The number of nitrogens with one attached hydrogen (secondary N) is 1. The second-order valence-electron chi connectivity index (χ2n) is 4.05. The van der Waals surface area contributed by atoms with E-state index in [1.54, 1.807) is 39.8 Å². The zero-order valence-corrected chi connectivity index (χ0v) is 11.6. The number of ether oxygens (including phenoxy) is 3. The molecule has 2 aromatic rings. The van der Waals surface area contributed by atoms with Crippen LogP contribution in [0.2, 0.25) is 0 Å². The monoisotopic (exact) mass is 275 g/mol. The molecule has 3 N–H and O–H groups in total. The Hall–Kier alpha value is -2.63. The molecule has 0 unspecified atom stereocenters. The van der Waals surface area contributed by atoms with E-state index in [9.17, 15) is 0 Å². The van der Waals surface area contributed by atoms with Crippen molar-refractivity contribution in [1.29, 1.82) is 0 Å². The van der Waals surface area contributed by atoms with Gasteiger partial charge in [-0.3, -0.25) is 4.98 Å². The number of rotatable bonds is 5. The van der Waals surface area contributed by atoms with Gasteiger partial charge in [0, 0.05) is 24.0 Å². The number of aromatic nitrogens is 1. The Labute approximate surface area is 117 Å². The molecule has 0 radical (unpaired) electrons. The lowest BCUT2D eigenvalue weighted by Gasteiger charge is -2.15. The molecule has 0 amide bonds. The molecule has 2 rings (SSSR count). The fraction of sp³-hybridized carbons (Fsp3) is 0.214. The van der Waals surface area contributed by atoms with Gasteiger partial charge in [-0.1, -0.05) is 0 Å². The molecule has 0 fully saturated rings. The summed E-state index contributed by atoms with van der Waals surface area (Å²) in [6.45, 7) is 0. The van der Waals surface area contributed by atoms with Gasteiger partial charge in [-0.15, -0.1) is 0 Å². The van der Waals surface area contributed by atoms with Crippen molar-refractivity contribution in [2.45, 2.75) is 0 Å². The lowest BCUT2D eigenvalue weighted by atomic mass is 10.2. The van der Waals surface area contributed by atoms with Crippen LogP contribution in [0.1, 0.15) is 0 Å². The molecule has 0 bridgehead atoms. The largest absolute Gasteiger partial charge is 0.493 e. The normalized spacial score (nSPS) is 9.95. The van der Waals surface area contributed by atoms with Crippen LogP contribution in [-0.2, 0) is 0 Å². The van der Waals surface area contributed by atoms with Crippen molar-refractivity contribution in [3.8, 4) is 17.2 Å². The number of methoxy groups -OCH3 is 3. The first-order valence-electron chi connectivity index (χ1n) is 5.95. The van der Waals surface area contributed by atoms with Crippen LogP contribution < -0.4 is 25.3 Å². The first-order valence-corrected chi connectivity index (χ1v) is 5.95. The average molecular weight is 275 g/mol. The van der Waals surface area contributed by atoms with Crippen molar-refractivity contribution < 1.29 is 14.2 Å². The van der Waals surface area contributed by atoms with Crippen molar-refractivity contribution in [1.82, 2.24) is 4.98 Å². The van der Waals surface area contributed by atoms with E-state index in [1.807, 2.05) is 12.1 Å². The fourth-order valence-corrected chi connectivity index (χ4v) is 1.85. The summed E-state index contributed by atoms with van der Waals surface area (Å²) in [5, 5.41) is 3.19. The predicted molar refractivity (Wildman–Crippen MR) is 78.0 cm³/mol. The number of nitrogens with zero attached hydrogens (tertiary/aromatic N) is 1. The van der Waals surface area contributed by atoms with Crippen LogP contribution in [-0.4, -0.2) is 26.3 Å². The van der Waals surface area contributed by atoms with E-state index in [2.05, 4.69) is 10.3 Å². The first kappa shape index (κ1) is 13.8. The topological polar surface area (TPSA) is 78.6 Å². The third-order valence-electron chi connectivity index (χ3n) is 2.71. The van der Waals surface area contributed by atoms with E-state index in [-0.39, 0.29) is 0 Å². The van der Waals surface area contributed by atoms with Gasteiger partial charge < -0.3 is 25.3 Å². The van der Waals surface area contributed by atoms with E-state index >= 15 is 0 Å². The molecule has 6 heteroatoms.